The van der Waals surface area contributed by atoms with Crippen molar-refractivity contribution in [2.45, 2.75) is 33.6 Å². The lowest BCUT2D eigenvalue weighted by Gasteiger charge is -2.32. The van der Waals surface area contributed by atoms with Crippen molar-refractivity contribution in [2.75, 3.05) is 18.4 Å². The minimum Gasteiger partial charge on any atom is -0.342 e. The van der Waals surface area contributed by atoms with Crippen molar-refractivity contribution in [3.8, 4) is 5.69 Å². The number of nitrogens with one attached hydrogen (secondary N) is 1. The monoisotopic (exact) mass is 372 g/mol. The molecule has 0 bridgehead atoms. The fourth-order valence-corrected chi connectivity index (χ4v) is 3.35. The summed E-state index contributed by atoms with van der Waals surface area (Å²) in [6, 6.07) is 8.04. The molecule has 1 fully saturated rings. The molecule has 0 saturated carbocycles. The van der Waals surface area contributed by atoms with E-state index in [4.69, 9.17) is 0 Å². The standard InChI is InChI=1S/C20H25FN4O2/c1-13(2)20(27)24-10-8-15(9-11-24)19(26)22-18-12-14(3)23-25(18)17-7-5-4-6-16(17)21/h4-7,12-13,15H,8-11H2,1-3H3,(H,22,26). The van der Waals surface area contributed by atoms with E-state index in [-0.39, 0.29) is 23.7 Å². The predicted molar refractivity (Wildman–Crippen MR) is 101 cm³/mol. The second-order valence-electron chi connectivity index (χ2n) is 7.28. The lowest BCUT2D eigenvalue weighted by Crippen LogP contribution is -2.43. The molecule has 3 rings (SSSR count). The van der Waals surface area contributed by atoms with Gasteiger partial charge in [-0.1, -0.05) is 26.0 Å². The van der Waals surface area contributed by atoms with Gasteiger partial charge in [0.15, 0.2) is 0 Å². The Kier molecular flexibility index (Phi) is 5.58. The summed E-state index contributed by atoms with van der Waals surface area (Å²) in [5.41, 5.74) is 0.976. The maximum absolute atomic E-state index is 14.1. The SMILES string of the molecule is Cc1cc(NC(=O)C2CCN(C(=O)C(C)C)CC2)n(-c2ccccc2F)n1. The third kappa shape index (κ3) is 4.18. The van der Waals surface area contributed by atoms with Crippen molar-refractivity contribution in [1.82, 2.24) is 14.7 Å². The number of hydrogen-bond acceptors (Lipinski definition) is 3. The molecule has 144 valence electrons. The first-order chi connectivity index (χ1) is 12.9. The highest BCUT2D eigenvalue weighted by molar-refractivity contribution is 5.92. The van der Waals surface area contributed by atoms with Gasteiger partial charge in [-0.25, -0.2) is 9.07 Å². The predicted octanol–water partition coefficient (Wildman–Crippen LogP) is 3.15. The highest BCUT2D eigenvalue weighted by Gasteiger charge is 2.29. The Labute approximate surface area is 158 Å². The second kappa shape index (κ2) is 7.90. The molecule has 0 aliphatic carbocycles. The van der Waals surface area contributed by atoms with Crippen molar-refractivity contribution in [1.29, 1.82) is 0 Å². The average Bonchev–Trinajstić information content (AvgIpc) is 3.01. The number of aryl methyl sites for hydroxylation is 1. The van der Waals surface area contributed by atoms with Gasteiger partial charge in [0.2, 0.25) is 11.8 Å². The number of aromatic nitrogens is 2. The lowest BCUT2D eigenvalue weighted by molar-refractivity contribution is -0.137. The quantitative estimate of drug-likeness (QED) is 0.896. The number of carbonyl (C=O) groups is 2. The number of anilines is 1. The lowest BCUT2D eigenvalue weighted by atomic mass is 9.95. The summed E-state index contributed by atoms with van der Waals surface area (Å²) in [5, 5.41) is 7.19. The third-order valence-corrected chi connectivity index (χ3v) is 4.83. The molecule has 2 heterocycles. The van der Waals surface area contributed by atoms with Gasteiger partial charge in [0.25, 0.3) is 0 Å². The molecule has 2 amide bonds. The van der Waals surface area contributed by atoms with Crippen LogP contribution in [0.25, 0.3) is 5.69 Å². The highest BCUT2D eigenvalue weighted by atomic mass is 19.1. The summed E-state index contributed by atoms with van der Waals surface area (Å²) in [5.74, 6) is -0.162. The molecule has 0 radical (unpaired) electrons. The van der Waals surface area contributed by atoms with Gasteiger partial charge < -0.3 is 10.2 Å². The number of nitrogens with zero attached hydrogens (tertiary/aromatic N) is 3. The Bertz CT molecular complexity index is 838. The number of rotatable bonds is 4. The molecule has 6 nitrogen and oxygen atoms in total. The zero-order valence-electron chi connectivity index (χ0n) is 15.9. The zero-order chi connectivity index (χ0) is 19.6. The van der Waals surface area contributed by atoms with Crippen molar-refractivity contribution in [2.24, 2.45) is 11.8 Å². The maximum atomic E-state index is 14.1. The van der Waals surface area contributed by atoms with Crippen molar-refractivity contribution in [3.05, 3.63) is 41.8 Å². The molecule has 2 aromatic rings. The summed E-state index contributed by atoms with van der Waals surface area (Å²) in [4.78, 5) is 26.6. The van der Waals surface area contributed by atoms with Crippen LogP contribution in [-0.4, -0.2) is 39.6 Å². The molecule has 1 aliphatic heterocycles. The van der Waals surface area contributed by atoms with Gasteiger partial charge in [-0.2, -0.15) is 5.10 Å². The van der Waals surface area contributed by atoms with Crippen LogP contribution in [0.2, 0.25) is 0 Å². The Morgan fingerprint density at radius 2 is 1.89 bits per heavy atom. The molecule has 27 heavy (non-hydrogen) atoms. The van der Waals surface area contributed by atoms with E-state index in [1.165, 1.54) is 10.7 Å². The van der Waals surface area contributed by atoms with Gasteiger partial charge in [-0.15, -0.1) is 0 Å². The van der Waals surface area contributed by atoms with Crippen molar-refractivity contribution >= 4 is 17.6 Å². The molecule has 0 atom stereocenters. The molecule has 0 spiro atoms. The molecule has 1 aromatic carbocycles. The first-order valence-corrected chi connectivity index (χ1v) is 9.28. The molecule has 1 aromatic heterocycles. The number of benzene rings is 1. The topological polar surface area (TPSA) is 67.2 Å². The molecule has 1 N–H and O–H groups in total. The summed E-state index contributed by atoms with van der Waals surface area (Å²) < 4.78 is 15.5. The minimum atomic E-state index is -0.406. The maximum Gasteiger partial charge on any atom is 0.228 e. The number of halogens is 1. The fraction of sp³-hybridized carbons (Fsp3) is 0.450. The van der Waals surface area contributed by atoms with Crippen LogP contribution >= 0.6 is 0 Å². The number of likely N-dealkylation sites (tertiary alicyclic amines) is 1. The van der Waals surface area contributed by atoms with Crippen LogP contribution in [0.1, 0.15) is 32.4 Å². The zero-order valence-corrected chi connectivity index (χ0v) is 15.9. The smallest absolute Gasteiger partial charge is 0.228 e. The van der Waals surface area contributed by atoms with Gasteiger partial charge in [-0.05, 0) is 31.9 Å². The average molecular weight is 372 g/mol. The van der Waals surface area contributed by atoms with Crippen LogP contribution in [0.5, 0.6) is 0 Å². The van der Waals surface area contributed by atoms with E-state index in [2.05, 4.69) is 10.4 Å². The van der Waals surface area contributed by atoms with Gasteiger partial charge in [-0.3, -0.25) is 9.59 Å². The van der Waals surface area contributed by atoms with Crippen molar-refractivity contribution < 1.29 is 14.0 Å². The van der Waals surface area contributed by atoms with E-state index >= 15 is 0 Å². The highest BCUT2D eigenvalue weighted by Crippen LogP contribution is 2.23. The van der Waals surface area contributed by atoms with E-state index in [1.54, 1.807) is 31.2 Å². The largest absolute Gasteiger partial charge is 0.342 e. The molecule has 1 saturated heterocycles. The second-order valence-corrected chi connectivity index (χ2v) is 7.28. The molecular weight excluding hydrogens is 347 g/mol. The van der Waals surface area contributed by atoms with E-state index in [0.717, 1.165) is 0 Å². The van der Waals surface area contributed by atoms with Crippen LogP contribution in [-0.2, 0) is 9.59 Å². The van der Waals surface area contributed by atoms with Gasteiger partial charge in [0.1, 0.15) is 17.3 Å². The van der Waals surface area contributed by atoms with E-state index in [0.29, 0.717) is 43.1 Å². The first-order valence-electron chi connectivity index (χ1n) is 9.28. The van der Waals surface area contributed by atoms with E-state index < -0.39 is 5.82 Å². The summed E-state index contributed by atoms with van der Waals surface area (Å²) in [6.07, 6.45) is 1.24. The summed E-state index contributed by atoms with van der Waals surface area (Å²) in [7, 11) is 0. The third-order valence-electron chi connectivity index (χ3n) is 4.83. The number of piperidine rings is 1. The Morgan fingerprint density at radius 1 is 1.22 bits per heavy atom. The summed E-state index contributed by atoms with van der Waals surface area (Å²) >= 11 is 0. The first kappa shape index (κ1) is 19.1. The van der Waals surface area contributed by atoms with Crippen LogP contribution in [0.4, 0.5) is 10.2 Å². The van der Waals surface area contributed by atoms with Crippen molar-refractivity contribution in [3.63, 3.8) is 0 Å². The molecular formula is C20H25FN4O2. The fourth-order valence-electron chi connectivity index (χ4n) is 3.35. The normalized spacial score (nSPS) is 15.2. The number of carbonyl (C=O) groups excluding carboxylic acids is 2. The van der Waals surface area contributed by atoms with Crippen LogP contribution in [0.3, 0.4) is 0 Å². The Hall–Kier alpha value is -2.70. The Morgan fingerprint density at radius 3 is 2.52 bits per heavy atom. The minimum absolute atomic E-state index is 0.0338. The van der Waals surface area contributed by atoms with Gasteiger partial charge in [0.05, 0.1) is 5.69 Å². The number of para-hydroxylation sites is 1. The number of hydrogen-bond donors (Lipinski definition) is 1. The molecule has 7 heteroatoms. The summed E-state index contributed by atoms with van der Waals surface area (Å²) in [6.45, 7) is 6.73. The van der Waals surface area contributed by atoms with E-state index in [1.807, 2.05) is 18.7 Å². The van der Waals surface area contributed by atoms with Crippen LogP contribution < -0.4 is 5.32 Å². The van der Waals surface area contributed by atoms with Crippen LogP contribution in [0, 0.1) is 24.6 Å². The molecule has 0 unspecified atom stereocenters. The number of amides is 2. The Balaban J connectivity index is 1.69. The van der Waals surface area contributed by atoms with E-state index in [9.17, 15) is 14.0 Å². The van der Waals surface area contributed by atoms with Crippen LogP contribution in [0.15, 0.2) is 30.3 Å². The van der Waals surface area contributed by atoms with Gasteiger partial charge >= 0.3 is 0 Å². The molecule has 1 aliphatic rings. The van der Waals surface area contributed by atoms with Gasteiger partial charge in [0, 0.05) is 31.0 Å².